The first-order valence-electron chi connectivity index (χ1n) is 13.8. The molecule has 0 saturated carbocycles. The third kappa shape index (κ3) is 4.73. The van der Waals surface area contributed by atoms with E-state index in [1.54, 1.807) is 0 Å². The molecule has 0 atom stereocenters. The van der Waals surface area contributed by atoms with Gasteiger partial charge in [0.05, 0.1) is 10.9 Å². The maximum absolute atomic E-state index is 8.85. The first-order chi connectivity index (χ1) is 17.1. The van der Waals surface area contributed by atoms with Crippen LogP contribution >= 0.6 is 0 Å². The summed E-state index contributed by atoms with van der Waals surface area (Å²) in [5, 5.41) is 2.44. The maximum Gasteiger partial charge on any atom is 0.220 e. The Morgan fingerprint density at radius 1 is 0.914 bits per heavy atom. The zero-order chi connectivity index (χ0) is 25.6. The van der Waals surface area contributed by atoms with Gasteiger partial charge >= 0.3 is 0 Å². The van der Waals surface area contributed by atoms with E-state index in [1.807, 2.05) is 7.05 Å². The van der Waals surface area contributed by atoms with Gasteiger partial charge in [0.2, 0.25) is 5.69 Å². The van der Waals surface area contributed by atoms with Gasteiger partial charge in [-0.1, -0.05) is 87.6 Å². The molecule has 0 spiro atoms. The summed E-state index contributed by atoms with van der Waals surface area (Å²) in [5.74, 6) is 1.09. The molecule has 4 aromatic rings. The Balaban J connectivity index is 1.69. The maximum atomic E-state index is 8.85. The number of rotatable bonds is 4. The summed E-state index contributed by atoms with van der Waals surface area (Å²) in [5.41, 5.74) is 9.02. The second-order valence-corrected chi connectivity index (χ2v) is 17.1. The molecule has 2 heteroatoms. The summed E-state index contributed by atoms with van der Waals surface area (Å²) in [6.45, 7) is 11.9. The monoisotopic (exact) mass is 479 g/mol. The summed E-state index contributed by atoms with van der Waals surface area (Å²) in [7, 11) is 1.07. The zero-order valence-corrected chi connectivity index (χ0v) is 23.3. The molecule has 0 N–H and O–H groups in total. The van der Waals surface area contributed by atoms with Crippen molar-refractivity contribution in [3.63, 3.8) is 0 Å². The third-order valence-electron chi connectivity index (χ3n) is 8.32. The molecule has 1 fully saturated rings. The van der Waals surface area contributed by atoms with Gasteiger partial charge in [-0.15, -0.1) is 0 Å². The molecule has 0 amide bonds. The lowest BCUT2D eigenvalue weighted by Crippen LogP contribution is -2.31. The summed E-state index contributed by atoms with van der Waals surface area (Å²) >= 11 is 0. The van der Waals surface area contributed by atoms with Crippen LogP contribution < -0.4 is 4.57 Å². The minimum Gasteiger partial charge on any atom is -0.200 e. The van der Waals surface area contributed by atoms with Gasteiger partial charge in [0, 0.05) is 14.1 Å². The Labute approximate surface area is 214 Å². The molecule has 0 unspecified atom stereocenters. The summed E-state index contributed by atoms with van der Waals surface area (Å²) < 4.78 is 10.9. The second kappa shape index (κ2) is 9.39. The molecule has 3 aromatic carbocycles. The average Bonchev–Trinajstić information content (AvgIpc) is 2.85. The van der Waals surface area contributed by atoms with E-state index in [0.717, 1.165) is 5.69 Å². The predicted molar refractivity (Wildman–Crippen MR) is 154 cm³/mol. The molecule has 35 heavy (non-hydrogen) atoms. The lowest BCUT2D eigenvalue weighted by molar-refractivity contribution is -0.659. The van der Waals surface area contributed by atoms with Crippen molar-refractivity contribution in [2.75, 3.05) is 0 Å². The number of hydrogen-bond donors (Lipinski definition) is 0. The van der Waals surface area contributed by atoms with Crippen LogP contribution in [0, 0.1) is 6.92 Å². The standard InChI is InChI=1S/C33H40NSi/c1-23(2)31-21-29(25-10-8-7-9-11-25)22-32(24(31)3)33-30-13-12-27(20-28(30)14-17-34(33)4)26-15-18-35(5,6)19-16-26/h7-14,17,20-23,26H,15-16,18-19H2,1-6H3/q+1/i17D. The Morgan fingerprint density at radius 2 is 1.63 bits per heavy atom. The van der Waals surface area contributed by atoms with Gasteiger partial charge in [0.1, 0.15) is 8.42 Å². The van der Waals surface area contributed by atoms with Crippen LogP contribution in [-0.2, 0) is 7.05 Å². The minimum atomic E-state index is -0.976. The van der Waals surface area contributed by atoms with E-state index >= 15 is 0 Å². The van der Waals surface area contributed by atoms with Gasteiger partial charge in [-0.2, -0.15) is 0 Å². The van der Waals surface area contributed by atoms with Gasteiger partial charge in [0.15, 0.2) is 6.17 Å². The number of hydrogen-bond acceptors (Lipinski definition) is 0. The Kier molecular flexibility index (Phi) is 6.10. The average molecular weight is 480 g/mol. The van der Waals surface area contributed by atoms with Gasteiger partial charge in [-0.3, -0.25) is 0 Å². The van der Waals surface area contributed by atoms with Crippen LogP contribution in [0.1, 0.15) is 56.6 Å². The first kappa shape index (κ1) is 22.7. The molecule has 2 heterocycles. The molecular formula is C33H40NSi+. The summed E-state index contributed by atoms with van der Waals surface area (Å²) in [6, 6.07) is 27.4. The van der Waals surface area contributed by atoms with Crippen LogP contribution in [0.5, 0.6) is 0 Å². The molecule has 0 bridgehead atoms. The van der Waals surface area contributed by atoms with Crippen molar-refractivity contribution in [3.8, 4) is 22.4 Å². The van der Waals surface area contributed by atoms with Crippen LogP contribution in [0.4, 0.5) is 0 Å². The van der Waals surface area contributed by atoms with Crippen LogP contribution in [0.25, 0.3) is 33.2 Å². The SMILES string of the molecule is [2H]c1cc2cc(C3CC[Si](C)(C)CC3)ccc2c(-c2cc(-c3ccccc3)cc(C(C)C)c2C)[n+]1C. The number of nitrogens with zero attached hydrogens (tertiary/aromatic N) is 1. The number of aromatic nitrogens is 1. The van der Waals surface area contributed by atoms with Gasteiger partial charge < -0.3 is 0 Å². The van der Waals surface area contributed by atoms with Crippen molar-refractivity contribution in [1.29, 1.82) is 0 Å². The summed E-state index contributed by atoms with van der Waals surface area (Å²) in [4.78, 5) is 0. The lowest BCUT2D eigenvalue weighted by atomic mass is 9.86. The van der Waals surface area contributed by atoms with Crippen molar-refractivity contribution in [1.82, 2.24) is 0 Å². The molecule has 180 valence electrons. The molecule has 1 aliphatic heterocycles. The predicted octanol–water partition coefficient (Wildman–Crippen LogP) is 9.02. The summed E-state index contributed by atoms with van der Waals surface area (Å²) in [6.07, 6.45) is 3.20. The largest absolute Gasteiger partial charge is 0.220 e. The molecule has 1 nitrogen and oxygen atoms in total. The Hall–Kier alpha value is -2.71. The van der Waals surface area contributed by atoms with Crippen molar-refractivity contribution >= 4 is 18.8 Å². The van der Waals surface area contributed by atoms with E-state index in [4.69, 9.17) is 1.37 Å². The van der Waals surface area contributed by atoms with Crippen LogP contribution in [0.15, 0.2) is 72.9 Å². The zero-order valence-electron chi connectivity index (χ0n) is 23.3. The highest BCUT2D eigenvalue weighted by Crippen LogP contribution is 2.40. The quantitative estimate of drug-likeness (QED) is 0.203. The van der Waals surface area contributed by atoms with Gasteiger partial charge in [0.25, 0.3) is 0 Å². The number of benzene rings is 3. The highest BCUT2D eigenvalue weighted by molar-refractivity contribution is 6.77. The van der Waals surface area contributed by atoms with E-state index in [1.165, 1.54) is 69.1 Å². The highest BCUT2D eigenvalue weighted by atomic mass is 28.3. The third-order valence-corrected chi connectivity index (χ3v) is 11.6. The molecule has 1 aromatic heterocycles. The van der Waals surface area contributed by atoms with Crippen molar-refractivity contribution < 1.29 is 5.94 Å². The van der Waals surface area contributed by atoms with E-state index in [-0.39, 0.29) is 0 Å². The fourth-order valence-electron chi connectivity index (χ4n) is 6.02. The van der Waals surface area contributed by atoms with Gasteiger partial charge in [-0.05, 0) is 76.9 Å². The molecule has 5 rings (SSSR count). The van der Waals surface area contributed by atoms with Gasteiger partial charge in [-0.25, -0.2) is 4.57 Å². The smallest absolute Gasteiger partial charge is 0.200 e. The lowest BCUT2D eigenvalue weighted by Gasteiger charge is -2.33. The van der Waals surface area contributed by atoms with Crippen molar-refractivity contribution in [2.24, 2.45) is 7.05 Å². The molecule has 1 aliphatic rings. The van der Waals surface area contributed by atoms with E-state index < -0.39 is 8.07 Å². The Bertz CT molecular complexity index is 1410. The Morgan fingerprint density at radius 3 is 2.31 bits per heavy atom. The van der Waals surface area contributed by atoms with Crippen LogP contribution in [0.2, 0.25) is 25.2 Å². The van der Waals surface area contributed by atoms with Crippen molar-refractivity contribution in [2.45, 2.75) is 70.6 Å². The minimum absolute atomic E-state index is 0.425. The normalized spacial score (nSPS) is 16.6. The molecule has 0 aliphatic carbocycles. The first-order valence-corrected chi connectivity index (χ1v) is 16.7. The molecular weight excluding hydrogens is 438 g/mol. The highest BCUT2D eigenvalue weighted by Gasteiger charge is 2.29. The van der Waals surface area contributed by atoms with Crippen molar-refractivity contribution in [3.05, 3.63) is 89.6 Å². The fourth-order valence-corrected chi connectivity index (χ4v) is 8.53. The molecule has 0 radical (unpaired) electrons. The number of fused-ring (bicyclic) bond motifs is 1. The van der Waals surface area contributed by atoms with E-state index in [0.29, 0.717) is 18.0 Å². The van der Waals surface area contributed by atoms with Crippen LogP contribution in [0.3, 0.4) is 0 Å². The second-order valence-electron chi connectivity index (χ2n) is 11.7. The molecule has 1 saturated heterocycles. The van der Waals surface area contributed by atoms with E-state index in [9.17, 15) is 0 Å². The topological polar surface area (TPSA) is 3.88 Å². The van der Waals surface area contributed by atoms with E-state index in [2.05, 4.69) is 105 Å². The van der Waals surface area contributed by atoms with Crippen LogP contribution in [-0.4, -0.2) is 8.07 Å². The fraction of sp³-hybridized carbons (Fsp3) is 0.364. The number of pyridine rings is 1.